The van der Waals surface area contributed by atoms with Gasteiger partial charge < -0.3 is 9.84 Å². The van der Waals surface area contributed by atoms with Crippen molar-refractivity contribution in [2.45, 2.75) is 58.5 Å². The van der Waals surface area contributed by atoms with Crippen LogP contribution in [0.2, 0.25) is 0 Å². The number of rotatable bonds is 5. The van der Waals surface area contributed by atoms with Crippen LogP contribution in [0, 0.1) is 30.9 Å². The molecule has 2 aromatic heterocycles. The van der Waals surface area contributed by atoms with Gasteiger partial charge >= 0.3 is 5.69 Å². The average molecular weight is 348 g/mol. The third-order valence-electron chi connectivity index (χ3n) is 4.61. The number of carbonyl (C=O) groups is 1. The van der Waals surface area contributed by atoms with Gasteiger partial charge in [-0.25, -0.2) is 0 Å². The lowest BCUT2D eigenvalue weighted by molar-refractivity contribution is -0.386. The molecule has 0 unspecified atom stereocenters. The van der Waals surface area contributed by atoms with Crippen molar-refractivity contribution >= 4 is 11.6 Å². The quantitative estimate of drug-likeness (QED) is 0.643. The zero-order valence-corrected chi connectivity index (χ0v) is 14.4. The van der Waals surface area contributed by atoms with Gasteiger partial charge in [0.2, 0.25) is 11.8 Å². The Hall–Kier alpha value is -2.78. The van der Waals surface area contributed by atoms with Crippen LogP contribution < -0.4 is 5.32 Å². The first-order chi connectivity index (χ1) is 11.8. The Morgan fingerprint density at radius 2 is 2.04 bits per heavy atom. The SMILES string of the molecule is Cc1nc(C2(NC(=O)Cn3nc(C)c([N+](=O)[O-])c3C)CCCC2)no1. The number of nitrogens with zero attached hydrogens (tertiary/aromatic N) is 5. The van der Waals surface area contributed by atoms with Crippen molar-refractivity contribution < 1.29 is 14.2 Å². The largest absolute Gasteiger partial charge is 0.342 e. The maximum Gasteiger partial charge on any atom is 0.312 e. The fourth-order valence-corrected chi connectivity index (χ4v) is 3.42. The number of nitro groups is 1. The van der Waals surface area contributed by atoms with E-state index < -0.39 is 10.5 Å². The van der Waals surface area contributed by atoms with Gasteiger partial charge in [-0.05, 0) is 26.7 Å². The summed E-state index contributed by atoms with van der Waals surface area (Å²) in [5, 5.41) is 22.2. The molecule has 0 atom stereocenters. The molecule has 0 aliphatic heterocycles. The summed E-state index contributed by atoms with van der Waals surface area (Å²) < 4.78 is 6.42. The average Bonchev–Trinajstić information content (AvgIpc) is 3.21. The highest BCUT2D eigenvalue weighted by molar-refractivity contribution is 5.77. The molecular formula is C15H20N6O4. The maximum atomic E-state index is 12.6. The minimum atomic E-state index is -0.642. The lowest BCUT2D eigenvalue weighted by atomic mass is 9.96. The second-order valence-corrected chi connectivity index (χ2v) is 6.41. The highest BCUT2D eigenvalue weighted by Crippen LogP contribution is 2.37. The zero-order valence-electron chi connectivity index (χ0n) is 14.4. The molecule has 0 aromatic carbocycles. The van der Waals surface area contributed by atoms with Crippen LogP contribution in [0.15, 0.2) is 4.52 Å². The molecule has 0 radical (unpaired) electrons. The van der Waals surface area contributed by atoms with Gasteiger partial charge in [0, 0.05) is 6.92 Å². The second-order valence-electron chi connectivity index (χ2n) is 6.41. The minimum Gasteiger partial charge on any atom is -0.342 e. The van der Waals surface area contributed by atoms with E-state index >= 15 is 0 Å². The zero-order chi connectivity index (χ0) is 18.2. The first-order valence-corrected chi connectivity index (χ1v) is 8.12. The van der Waals surface area contributed by atoms with E-state index in [2.05, 4.69) is 20.6 Å². The number of hydrogen-bond acceptors (Lipinski definition) is 7. The normalized spacial score (nSPS) is 16.1. The summed E-state index contributed by atoms with van der Waals surface area (Å²) >= 11 is 0. The van der Waals surface area contributed by atoms with E-state index in [0.717, 1.165) is 25.7 Å². The van der Waals surface area contributed by atoms with Gasteiger partial charge in [-0.3, -0.25) is 19.6 Å². The number of nitrogens with one attached hydrogen (secondary N) is 1. The Bertz CT molecular complexity index is 818. The number of hydrogen-bond donors (Lipinski definition) is 1. The number of amides is 1. The van der Waals surface area contributed by atoms with E-state index in [9.17, 15) is 14.9 Å². The second kappa shape index (κ2) is 6.26. The van der Waals surface area contributed by atoms with Crippen molar-refractivity contribution in [3.8, 4) is 0 Å². The molecule has 1 aliphatic rings. The van der Waals surface area contributed by atoms with Crippen molar-refractivity contribution in [1.29, 1.82) is 0 Å². The Labute approximate surface area is 143 Å². The first-order valence-electron chi connectivity index (χ1n) is 8.12. The van der Waals surface area contributed by atoms with Gasteiger partial charge in [0.15, 0.2) is 5.82 Å². The van der Waals surface area contributed by atoms with E-state index in [-0.39, 0.29) is 18.1 Å². The predicted molar refractivity (Wildman–Crippen MR) is 85.7 cm³/mol. The summed E-state index contributed by atoms with van der Waals surface area (Å²) in [4.78, 5) is 27.5. The summed E-state index contributed by atoms with van der Waals surface area (Å²) in [5.74, 6) is 0.643. The Morgan fingerprint density at radius 3 is 2.56 bits per heavy atom. The van der Waals surface area contributed by atoms with Crippen LogP contribution in [0.4, 0.5) is 5.69 Å². The summed E-state index contributed by atoms with van der Waals surface area (Å²) in [5.41, 5.74) is -0.0537. The molecule has 3 rings (SSSR count). The fraction of sp³-hybridized carbons (Fsp3) is 0.600. The van der Waals surface area contributed by atoms with Gasteiger partial charge in [0.25, 0.3) is 0 Å². The highest BCUT2D eigenvalue weighted by Gasteiger charge is 2.41. The molecular weight excluding hydrogens is 328 g/mol. The molecule has 10 heteroatoms. The van der Waals surface area contributed by atoms with E-state index in [4.69, 9.17) is 4.52 Å². The Kier molecular flexibility index (Phi) is 4.27. The molecule has 1 N–H and O–H groups in total. The monoisotopic (exact) mass is 348 g/mol. The van der Waals surface area contributed by atoms with E-state index in [1.165, 1.54) is 4.68 Å². The molecule has 2 aromatic rings. The molecule has 0 bridgehead atoms. The third-order valence-corrected chi connectivity index (χ3v) is 4.61. The van der Waals surface area contributed by atoms with Gasteiger partial charge in [0.05, 0.1) is 4.92 Å². The number of aryl methyl sites for hydroxylation is 2. The molecule has 2 heterocycles. The van der Waals surface area contributed by atoms with Crippen molar-refractivity contribution in [1.82, 2.24) is 25.2 Å². The van der Waals surface area contributed by atoms with E-state index in [1.807, 2.05) is 0 Å². The van der Waals surface area contributed by atoms with Gasteiger partial charge in [-0.15, -0.1) is 0 Å². The van der Waals surface area contributed by atoms with Crippen molar-refractivity contribution in [3.05, 3.63) is 33.2 Å². The Morgan fingerprint density at radius 1 is 1.36 bits per heavy atom. The number of carbonyl (C=O) groups excluding carboxylic acids is 1. The van der Waals surface area contributed by atoms with Crippen LogP contribution in [0.1, 0.15) is 48.8 Å². The summed E-state index contributed by atoms with van der Waals surface area (Å²) in [6.45, 7) is 4.74. The molecule has 10 nitrogen and oxygen atoms in total. The highest BCUT2D eigenvalue weighted by atomic mass is 16.6. The summed E-state index contributed by atoms with van der Waals surface area (Å²) in [6.07, 6.45) is 3.38. The van der Waals surface area contributed by atoms with Crippen LogP contribution in [0.25, 0.3) is 0 Å². The minimum absolute atomic E-state index is 0.0582. The van der Waals surface area contributed by atoms with Gasteiger partial charge in [-0.2, -0.15) is 10.1 Å². The lowest BCUT2D eigenvalue weighted by Gasteiger charge is -2.26. The molecule has 1 fully saturated rings. The van der Waals surface area contributed by atoms with Crippen LogP contribution in [0.5, 0.6) is 0 Å². The van der Waals surface area contributed by atoms with Crippen molar-refractivity contribution in [2.75, 3.05) is 0 Å². The Balaban J connectivity index is 1.80. The lowest BCUT2D eigenvalue weighted by Crippen LogP contribution is -2.46. The van der Waals surface area contributed by atoms with Crippen LogP contribution in [-0.4, -0.2) is 30.8 Å². The molecule has 0 spiro atoms. The standard InChI is InChI=1S/C15H20N6O4/c1-9-13(21(23)24)10(2)20(18-9)8-12(22)17-15(6-4-5-7-15)14-16-11(3)25-19-14/h4-8H2,1-3H3,(H,17,22). The molecule has 134 valence electrons. The van der Waals surface area contributed by atoms with E-state index in [0.29, 0.717) is 23.1 Å². The predicted octanol–water partition coefficient (Wildman–Crippen LogP) is 1.69. The van der Waals surface area contributed by atoms with Crippen LogP contribution in [-0.2, 0) is 16.9 Å². The van der Waals surface area contributed by atoms with Crippen molar-refractivity contribution in [2.24, 2.45) is 0 Å². The molecule has 1 aliphatic carbocycles. The smallest absolute Gasteiger partial charge is 0.312 e. The molecule has 1 saturated carbocycles. The third kappa shape index (κ3) is 3.11. The fourth-order valence-electron chi connectivity index (χ4n) is 3.42. The molecule has 25 heavy (non-hydrogen) atoms. The van der Waals surface area contributed by atoms with Crippen LogP contribution in [0.3, 0.4) is 0 Å². The topological polar surface area (TPSA) is 129 Å². The van der Waals surface area contributed by atoms with Gasteiger partial charge in [-0.1, -0.05) is 18.0 Å². The molecule has 1 amide bonds. The summed E-state index contributed by atoms with van der Waals surface area (Å²) in [6, 6.07) is 0. The first kappa shape index (κ1) is 17.1. The summed E-state index contributed by atoms with van der Waals surface area (Å²) in [7, 11) is 0. The van der Waals surface area contributed by atoms with E-state index in [1.54, 1.807) is 20.8 Å². The maximum absolute atomic E-state index is 12.6. The number of aromatic nitrogens is 4. The molecule has 0 saturated heterocycles. The van der Waals surface area contributed by atoms with Gasteiger partial charge in [0.1, 0.15) is 23.5 Å². The van der Waals surface area contributed by atoms with Crippen LogP contribution >= 0.6 is 0 Å². The van der Waals surface area contributed by atoms with Crippen molar-refractivity contribution in [3.63, 3.8) is 0 Å².